The Morgan fingerprint density at radius 3 is 2.66 bits per heavy atom. The van der Waals surface area contributed by atoms with E-state index >= 15 is 0 Å². The molecule has 3 N–H and O–H groups in total. The molecule has 0 fully saturated rings. The second-order valence-electron chi connectivity index (χ2n) is 6.98. The maximum absolute atomic E-state index is 12.6. The highest BCUT2D eigenvalue weighted by Gasteiger charge is 2.40. The molecule has 0 heterocycles. The molecule has 2 rings (SSSR count). The number of hydrogen-bond donors (Lipinski definition) is 3. The molecule has 0 saturated carbocycles. The minimum atomic E-state index is -1.30. The van der Waals surface area contributed by atoms with Gasteiger partial charge in [-0.1, -0.05) is 36.4 Å². The zero-order valence-corrected chi connectivity index (χ0v) is 17.6. The lowest BCUT2D eigenvalue weighted by molar-refractivity contribution is -0.112. The number of Topliss-reactive ketones (excluding diaryl/α,β-unsaturated/α-hetero) is 1. The maximum Gasteiger partial charge on any atom is 0.198 e. The summed E-state index contributed by atoms with van der Waals surface area (Å²) in [5, 5.41) is 29.7. The van der Waals surface area contributed by atoms with Gasteiger partial charge < -0.3 is 20.1 Å². The molecule has 0 aromatic heterocycles. The smallest absolute Gasteiger partial charge is 0.198 e. The van der Waals surface area contributed by atoms with E-state index in [9.17, 15) is 15.0 Å². The Labute approximate surface area is 176 Å². The highest BCUT2D eigenvalue weighted by atomic mass is 32.2. The van der Waals surface area contributed by atoms with E-state index in [-0.39, 0.29) is 12.4 Å². The fourth-order valence-corrected chi connectivity index (χ4v) is 3.76. The van der Waals surface area contributed by atoms with Crippen molar-refractivity contribution in [3.8, 4) is 5.75 Å². The molecule has 0 saturated heterocycles. The molecule has 2 atom stereocenters. The highest BCUT2D eigenvalue weighted by molar-refractivity contribution is 8.03. The summed E-state index contributed by atoms with van der Waals surface area (Å²) in [7, 11) is 0. The topological polar surface area (TPSA) is 87.0 Å². The molecule has 0 amide bonds. The minimum absolute atomic E-state index is 0.0270. The lowest BCUT2D eigenvalue weighted by Crippen LogP contribution is -2.28. The summed E-state index contributed by atoms with van der Waals surface area (Å²) in [5.41, 5.74) is -0.973. The molecule has 1 aromatic carbocycles. The number of para-hydroxylation sites is 1. The molecule has 0 radical (unpaired) electrons. The van der Waals surface area contributed by atoms with Gasteiger partial charge in [0, 0.05) is 12.2 Å². The van der Waals surface area contributed by atoms with E-state index in [1.807, 2.05) is 36.6 Å². The Hall–Kier alpha value is -1.86. The third kappa shape index (κ3) is 7.16. The minimum Gasteiger partial charge on any atom is -0.494 e. The van der Waals surface area contributed by atoms with Crippen molar-refractivity contribution < 1.29 is 24.9 Å². The molecule has 158 valence electrons. The second-order valence-corrected chi connectivity index (χ2v) is 7.83. The van der Waals surface area contributed by atoms with Crippen molar-refractivity contribution in [1.29, 1.82) is 0 Å². The number of carbonyl (C=O) groups is 1. The van der Waals surface area contributed by atoms with Crippen molar-refractivity contribution in [3.05, 3.63) is 65.1 Å². The van der Waals surface area contributed by atoms with Gasteiger partial charge in [-0.05, 0) is 56.6 Å². The largest absolute Gasteiger partial charge is 0.494 e. The normalized spacial score (nSPS) is 21.7. The number of thioether (sulfide) groups is 1. The van der Waals surface area contributed by atoms with Gasteiger partial charge in [0.25, 0.3) is 0 Å². The highest BCUT2D eigenvalue weighted by Crippen LogP contribution is 2.38. The van der Waals surface area contributed by atoms with Gasteiger partial charge in [-0.2, -0.15) is 0 Å². The van der Waals surface area contributed by atoms with E-state index in [0.717, 1.165) is 12.2 Å². The number of benzene rings is 1. The van der Waals surface area contributed by atoms with Crippen LogP contribution in [0.4, 0.5) is 0 Å². The van der Waals surface area contributed by atoms with Crippen LogP contribution in [0.2, 0.25) is 0 Å². The maximum atomic E-state index is 12.6. The molecule has 0 bridgehead atoms. The van der Waals surface area contributed by atoms with Gasteiger partial charge in [0.2, 0.25) is 0 Å². The Morgan fingerprint density at radius 1 is 1.21 bits per heavy atom. The number of rotatable bonds is 12. The number of carbonyl (C=O) groups excluding carboxylic acids is 1. The standard InChI is InChI=1S/C23H30O5S/c1-29-21-17-23(27,14-5-6-16-28-19-11-3-2-4-12-19)20(22(21)26)13-7-9-18(25)10-8-15-24/h2-4,7,9,11-13,17-18,24-25,27H,5-6,8,10,14-16H2,1H3/b9-7-,20-13?. The zero-order chi connectivity index (χ0) is 21.1. The number of ether oxygens (including phenoxy) is 1. The van der Waals surface area contributed by atoms with Crippen LogP contribution in [0.15, 0.2) is 65.1 Å². The van der Waals surface area contributed by atoms with Crippen LogP contribution < -0.4 is 4.74 Å². The number of aliphatic hydroxyl groups excluding tert-OH is 2. The molecule has 0 aliphatic heterocycles. The number of allylic oxidation sites excluding steroid dienone is 3. The summed E-state index contributed by atoms with van der Waals surface area (Å²) >= 11 is 1.32. The number of ketones is 1. The lowest BCUT2D eigenvalue weighted by Gasteiger charge is -2.22. The van der Waals surface area contributed by atoms with Gasteiger partial charge in [-0.25, -0.2) is 0 Å². The van der Waals surface area contributed by atoms with E-state index in [4.69, 9.17) is 9.84 Å². The van der Waals surface area contributed by atoms with Crippen molar-refractivity contribution in [2.75, 3.05) is 19.5 Å². The quantitative estimate of drug-likeness (QED) is 0.356. The van der Waals surface area contributed by atoms with Crippen LogP contribution in [-0.4, -0.2) is 52.3 Å². The first-order chi connectivity index (χ1) is 14.0. The molecule has 0 spiro atoms. The summed E-state index contributed by atoms with van der Waals surface area (Å²) in [4.78, 5) is 13.1. The summed E-state index contributed by atoms with van der Waals surface area (Å²) in [6, 6.07) is 9.57. The Balaban J connectivity index is 1.94. The molecule has 29 heavy (non-hydrogen) atoms. The molecule has 1 aromatic rings. The molecular formula is C23H30O5S. The van der Waals surface area contributed by atoms with Gasteiger partial charge in [0.05, 0.1) is 17.6 Å². The van der Waals surface area contributed by atoms with Crippen molar-refractivity contribution in [2.45, 2.75) is 43.8 Å². The first-order valence-corrected chi connectivity index (χ1v) is 11.1. The first kappa shape index (κ1) is 23.4. The van der Waals surface area contributed by atoms with Crippen molar-refractivity contribution in [3.63, 3.8) is 0 Å². The average Bonchev–Trinajstić information content (AvgIpc) is 2.97. The van der Waals surface area contributed by atoms with Crippen LogP contribution in [0.1, 0.15) is 32.1 Å². The monoisotopic (exact) mass is 418 g/mol. The fourth-order valence-electron chi connectivity index (χ4n) is 3.15. The van der Waals surface area contributed by atoms with E-state index in [1.165, 1.54) is 11.8 Å². The molecule has 6 heteroatoms. The van der Waals surface area contributed by atoms with E-state index in [2.05, 4.69) is 0 Å². The lowest BCUT2D eigenvalue weighted by atomic mass is 9.90. The SMILES string of the molecule is CSC1=CC(O)(CCCCOc2ccccc2)C(=C/C=C\C(O)CCCO)C1=O. The van der Waals surface area contributed by atoms with Crippen molar-refractivity contribution in [2.24, 2.45) is 0 Å². The number of aliphatic hydroxyl groups is 3. The third-order valence-electron chi connectivity index (χ3n) is 4.74. The van der Waals surface area contributed by atoms with Crippen molar-refractivity contribution in [1.82, 2.24) is 0 Å². The molecule has 5 nitrogen and oxygen atoms in total. The molecular weight excluding hydrogens is 388 g/mol. The molecule has 2 unspecified atom stereocenters. The molecule has 1 aliphatic carbocycles. The predicted octanol–water partition coefficient (Wildman–Crippen LogP) is 3.41. The number of hydrogen-bond acceptors (Lipinski definition) is 6. The van der Waals surface area contributed by atoms with Crippen LogP contribution in [0.25, 0.3) is 0 Å². The van der Waals surface area contributed by atoms with Crippen LogP contribution in [0, 0.1) is 0 Å². The summed E-state index contributed by atoms with van der Waals surface area (Å²) < 4.78 is 5.68. The van der Waals surface area contributed by atoms with Gasteiger partial charge in [0.15, 0.2) is 5.78 Å². The summed E-state index contributed by atoms with van der Waals surface area (Å²) in [6.45, 7) is 0.572. The second kappa shape index (κ2) is 12.0. The first-order valence-electron chi connectivity index (χ1n) is 9.90. The zero-order valence-electron chi connectivity index (χ0n) is 16.8. The van der Waals surface area contributed by atoms with Gasteiger partial charge >= 0.3 is 0 Å². The van der Waals surface area contributed by atoms with E-state index in [1.54, 1.807) is 24.3 Å². The van der Waals surface area contributed by atoms with Crippen LogP contribution in [0.3, 0.4) is 0 Å². The fraction of sp³-hybridized carbons (Fsp3) is 0.435. The predicted molar refractivity (Wildman–Crippen MR) is 117 cm³/mol. The van der Waals surface area contributed by atoms with Gasteiger partial charge in [0.1, 0.15) is 11.4 Å². The van der Waals surface area contributed by atoms with Gasteiger partial charge in [-0.3, -0.25) is 4.79 Å². The van der Waals surface area contributed by atoms with Crippen LogP contribution in [-0.2, 0) is 4.79 Å². The summed E-state index contributed by atoms with van der Waals surface area (Å²) in [6.07, 6.45) is 10.4. The van der Waals surface area contributed by atoms with Crippen LogP contribution in [0.5, 0.6) is 5.75 Å². The Kier molecular flexibility index (Phi) is 9.67. The van der Waals surface area contributed by atoms with Crippen LogP contribution >= 0.6 is 11.8 Å². The average molecular weight is 419 g/mol. The summed E-state index contributed by atoms with van der Waals surface area (Å²) in [5.74, 6) is 0.646. The molecule has 1 aliphatic rings. The number of unbranched alkanes of at least 4 members (excludes halogenated alkanes) is 1. The third-order valence-corrected chi connectivity index (χ3v) is 5.49. The van der Waals surface area contributed by atoms with E-state index in [0.29, 0.717) is 42.8 Å². The Bertz CT molecular complexity index is 741. The Morgan fingerprint density at radius 2 is 1.97 bits per heavy atom. The van der Waals surface area contributed by atoms with E-state index < -0.39 is 11.7 Å². The van der Waals surface area contributed by atoms with Crippen molar-refractivity contribution >= 4 is 17.5 Å². The van der Waals surface area contributed by atoms with Gasteiger partial charge in [-0.15, -0.1) is 11.8 Å².